The first-order chi connectivity index (χ1) is 9.65. The van der Waals surface area contributed by atoms with Crippen molar-refractivity contribution in [1.29, 1.82) is 0 Å². The van der Waals surface area contributed by atoms with Gasteiger partial charge in [0.2, 0.25) is 5.91 Å². The summed E-state index contributed by atoms with van der Waals surface area (Å²) < 4.78 is 0. The minimum Gasteiger partial charge on any atom is -0.323 e. The molecule has 1 aromatic carbocycles. The molecule has 20 heavy (non-hydrogen) atoms. The van der Waals surface area contributed by atoms with E-state index >= 15 is 0 Å². The smallest absolute Gasteiger partial charge is 0.260 e. The van der Waals surface area contributed by atoms with Crippen molar-refractivity contribution < 1.29 is 9.59 Å². The number of para-hydroxylation sites is 2. The van der Waals surface area contributed by atoms with Crippen LogP contribution in [0.1, 0.15) is 16.1 Å². The van der Waals surface area contributed by atoms with Crippen LogP contribution in [0.4, 0.5) is 11.4 Å². The molecule has 5 nitrogen and oxygen atoms in total. The van der Waals surface area contributed by atoms with Crippen LogP contribution in [-0.2, 0) is 4.79 Å². The van der Waals surface area contributed by atoms with Crippen LogP contribution in [-0.4, -0.2) is 23.3 Å². The number of rotatable bonds is 1. The summed E-state index contributed by atoms with van der Waals surface area (Å²) >= 11 is 0. The van der Waals surface area contributed by atoms with E-state index in [2.05, 4.69) is 10.3 Å². The van der Waals surface area contributed by atoms with E-state index in [-0.39, 0.29) is 18.4 Å². The van der Waals surface area contributed by atoms with Crippen molar-refractivity contribution in [3.63, 3.8) is 0 Å². The number of benzene rings is 1. The third-order valence-electron chi connectivity index (χ3n) is 3.17. The number of carbonyl (C=O) groups is 2. The van der Waals surface area contributed by atoms with Crippen LogP contribution in [0, 0.1) is 6.92 Å². The standard InChI is InChI=1S/C15H13N3O2/c1-10-6-7-11(8-16-10)15(20)18-9-14(19)17-12-4-2-3-5-13(12)18/h2-8H,9H2,1H3,(H,17,19). The van der Waals surface area contributed by atoms with Crippen LogP contribution in [0.2, 0.25) is 0 Å². The number of anilines is 2. The predicted molar refractivity (Wildman–Crippen MR) is 75.7 cm³/mol. The fourth-order valence-corrected chi connectivity index (χ4v) is 2.16. The van der Waals surface area contributed by atoms with Gasteiger partial charge < -0.3 is 5.32 Å². The maximum absolute atomic E-state index is 12.5. The first-order valence-corrected chi connectivity index (χ1v) is 6.28. The Morgan fingerprint density at radius 3 is 2.80 bits per heavy atom. The lowest BCUT2D eigenvalue weighted by Gasteiger charge is -2.29. The molecule has 0 saturated carbocycles. The molecule has 0 aliphatic carbocycles. The van der Waals surface area contributed by atoms with E-state index in [4.69, 9.17) is 0 Å². The van der Waals surface area contributed by atoms with E-state index in [9.17, 15) is 9.59 Å². The summed E-state index contributed by atoms with van der Waals surface area (Å²) in [5, 5.41) is 2.76. The zero-order valence-corrected chi connectivity index (χ0v) is 11.0. The first-order valence-electron chi connectivity index (χ1n) is 6.28. The summed E-state index contributed by atoms with van der Waals surface area (Å²) in [7, 11) is 0. The van der Waals surface area contributed by atoms with Gasteiger partial charge in [0.05, 0.1) is 16.9 Å². The number of pyridine rings is 1. The van der Waals surface area contributed by atoms with Gasteiger partial charge in [-0.3, -0.25) is 19.5 Å². The quantitative estimate of drug-likeness (QED) is 0.859. The Bertz CT molecular complexity index is 680. The van der Waals surface area contributed by atoms with Crippen molar-refractivity contribution in [2.45, 2.75) is 6.92 Å². The topological polar surface area (TPSA) is 62.3 Å². The molecule has 1 aliphatic heterocycles. The zero-order valence-electron chi connectivity index (χ0n) is 11.0. The Labute approximate surface area is 116 Å². The van der Waals surface area contributed by atoms with Crippen molar-refractivity contribution in [1.82, 2.24) is 4.98 Å². The number of aromatic nitrogens is 1. The van der Waals surface area contributed by atoms with Gasteiger partial charge in [0, 0.05) is 11.9 Å². The number of fused-ring (bicyclic) bond motifs is 1. The van der Waals surface area contributed by atoms with Crippen LogP contribution in [0.15, 0.2) is 42.6 Å². The molecule has 1 N–H and O–H groups in total. The van der Waals surface area contributed by atoms with Crippen LogP contribution in [0.3, 0.4) is 0 Å². The first kappa shape index (κ1) is 12.3. The van der Waals surface area contributed by atoms with Gasteiger partial charge in [0.15, 0.2) is 0 Å². The monoisotopic (exact) mass is 267 g/mol. The molecule has 2 amide bonds. The normalized spacial score (nSPS) is 13.7. The zero-order chi connectivity index (χ0) is 14.1. The second-order valence-electron chi connectivity index (χ2n) is 4.64. The van der Waals surface area contributed by atoms with Gasteiger partial charge in [0.1, 0.15) is 6.54 Å². The predicted octanol–water partition coefficient (Wildman–Crippen LogP) is 1.99. The molecule has 0 fully saturated rings. The summed E-state index contributed by atoms with van der Waals surface area (Å²) in [4.78, 5) is 29.8. The van der Waals surface area contributed by atoms with Crippen LogP contribution >= 0.6 is 0 Å². The highest BCUT2D eigenvalue weighted by Gasteiger charge is 2.27. The van der Waals surface area contributed by atoms with Gasteiger partial charge in [0.25, 0.3) is 5.91 Å². The van der Waals surface area contributed by atoms with Crippen molar-refractivity contribution in [3.05, 3.63) is 53.9 Å². The highest BCUT2D eigenvalue weighted by atomic mass is 16.2. The number of aryl methyl sites for hydroxylation is 1. The number of amides is 2. The van der Waals surface area contributed by atoms with E-state index in [1.54, 1.807) is 18.2 Å². The lowest BCUT2D eigenvalue weighted by Crippen LogP contribution is -2.42. The molecule has 0 spiro atoms. The fourth-order valence-electron chi connectivity index (χ4n) is 2.16. The van der Waals surface area contributed by atoms with E-state index in [0.29, 0.717) is 16.9 Å². The summed E-state index contributed by atoms with van der Waals surface area (Å²) in [5.41, 5.74) is 2.67. The summed E-state index contributed by atoms with van der Waals surface area (Å²) in [6.45, 7) is 1.88. The Morgan fingerprint density at radius 1 is 1.25 bits per heavy atom. The molecule has 0 unspecified atom stereocenters. The van der Waals surface area contributed by atoms with Gasteiger partial charge in [-0.15, -0.1) is 0 Å². The van der Waals surface area contributed by atoms with Crippen LogP contribution < -0.4 is 10.2 Å². The molecule has 2 aromatic rings. The summed E-state index contributed by atoms with van der Waals surface area (Å²) in [6, 6.07) is 10.8. The maximum Gasteiger partial charge on any atom is 0.260 e. The lowest BCUT2D eigenvalue weighted by molar-refractivity contribution is -0.115. The van der Waals surface area contributed by atoms with E-state index in [0.717, 1.165) is 5.69 Å². The van der Waals surface area contributed by atoms with Gasteiger partial charge in [-0.25, -0.2) is 0 Å². The van der Waals surface area contributed by atoms with Gasteiger partial charge in [-0.1, -0.05) is 12.1 Å². The number of nitrogens with zero attached hydrogens (tertiary/aromatic N) is 2. The molecule has 0 radical (unpaired) electrons. The Hall–Kier alpha value is -2.69. The molecule has 0 atom stereocenters. The average molecular weight is 267 g/mol. The molecular weight excluding hydrogens is 254 g/mol. The number of hydrogen-bond acceptors (Lipinski definition) is 3. The van der Waals surface area contributed by atoms with Crippen molar-refractivity contribution in [2.24, 2.45) is 0 Å². The number of hydrogen-bond donors (Lipinski definition) is 1. The van der Waals surface area contributed by atoms with Crippen LogP contribution in [0.5, 0.6) is 0 Å². The van der Waals surface area contributed by atoms with Gasteiger partial charge in [-0.2, -0.15) is 0 Å². The van der Waals surface area contributed by atoms with Gasteiger partial charge >= 0.3 is 0 Å². The molecule has 5 heteroatoms. The highest BCUT2D eigenvalue weighted by molar-refractivity contribution is 6.15. The third-order valence-corrected chi connectivity index (χ3v) is 3.17. The fraction of sp³-hybridized carbons (Fsp3) is 0.133. The largest absolute Gasteiger partial charge is 0.323 e. The molecule has 100 valence electrons. The molecule has 1 aromatic heterocycles. The summed E-state index contributed by atoms with van der Waals surface area (Å²) in [5.74, 6) is -0.420. The van der Waals surface area contributed by atoms with Crippen molar-refractivity contribution in [3.8, 4) is 0 Å². The van der Waals surface area contributed by atoms with E-state index in [1.165, 1.54) is 11.1 Å². The molecular formula is C15H13N3O2. The van der Waals surface area contributed by atoms with Gasteiger partial charge in [-0.05, 0) is 31.2 Å². The SMILES string of the molecule is Cc1ccc(C(=O)N2CC(=O)Nc3ccccc32)cn1. The molecule has 0 bridgehead atoms. The lowest BCUT2D eigenvalue weighted by atomic mass is 10.1. The minimum absolute atomic E-state index is 0.0176. The van der Waals surface area contributed by atoms with Crippen LogP contribution in [0.25, 0.3) is 0 Å². The highest BCUT2D eigenvalue weighted by Crippen LogP contribution is 2.29. The van der Waals surface area contributed by atoms with E-state index in [1.807, 2.05) is 25.1 Å². The Kier molecular flexibility index (Phi) is 2.95. The molecule has 1 aliphatic rings. The molecule has 2 heterocycles. The minimum atomic E-state index is -0.222. The van der Waals surface area contributed by atoms with E-state index < -0.39 is 0 Å². The average Bonchev–Trinajstić information content (AvgIpc) is 2.46. The van der Waals surface area contributed by atoms with Crippen molar-refractivity contribution >= 4 is 23.2 Å². The second-order valence-corrected chi connectivity index (χ2v) is 4.64. The van der Waals surface area contributed by atoms with Crippen molar-refractivity contribution in [2.75, 3.05) is 16.8 Å². The molecule has 3 rings (SSSR count). The molecule has 0 saturated heterocycles. The summed E-state index contributed by atoms with van der Waals surface area (Å²) in [6.07, 6.45) is 1.53. The maximum atomic E-state index is 12.5. The third kappa shape index (κ3) is 2.14. The number of nitrogens with one attached hydrogen (secondary N) is 1. The number of carbonyl (C=O) groups excluding carboxylic acids is 2. The Morgan fingerprint density at radius 2 is 2.05 bits per heavy atom. The Balaban J connectivity index is 1.99. The second kappa shape index (κ2) is 4.77.